The van der Waals surface area contributed by atoms with Crippen molar-refractivity contribution in [2.45, 2.75) is 24.9 Å². The lowest BCUT2D eigenvalue weighted by molar-refractivity contribution is 0.0929. The Morgan fingerprint density at radius 3 is 3.10 bits per heavy atom. The normalized spacial score (nSPS) is 23.4. The summed E-state index contributed by atoms with van der Waals surface area (Å²) in [4.78, 5) is 10.5. The molecule has 4 rings (SSSR count). The highest BCUT2D eigenvalue weighted by Gasteiger charge is 2.28. The maximum atomic E-state index is 5.64. The van der Waals surface area contributed by atoms with Crippen molar-refractivity contribution in [3.63, 3.8) is 0 Å². The van der Waals surface area contributed by atoms with E-state index in [4.69, 9.17) is 9.72 Å². The predicted octanol–water partition coefficient (Wildman–Crippen LogP) is 1.52. The number of H-pyrrole nitrogens is 1. The minimum Gasteiger partial charge on any atom is -0.377 e. The van der Waals surface area contributed by atoms with E-state index in [9.17, 15) is 0 Å². The first-order chi connectivity index (χ1) is 9.90. The Balaban J connectivity index is 1.56. The van der Waals surface area contributed by atoms with Gasteiger partial charge in [0.2, 0.25) is 5.95 Å². The van der Waals surface area contributed by atoms with Gasteiger partial charge in [-0.05, 0) is 25.0 Å². The molecular weight excluding hydrogens is 252 g/mol. The topological polar surface area (TPSA) is 53.2 Å². The third-order valence-corrected chi connectivity index (χ3v) is 4.10. The Labute approximate surface area is 118 Å². The minimum absolute atomic E-state index is 0.366. The van der Waals surface area contributed by atoms with Crippen LogP contribution in [0.1, 0.15) is 12.8 Å². The monoisotopic (exact) mass is 272 g/mol. The van der Waals surface area contributed by atoms with Crippen molar-refractivity contribution >= 4 is 17.0 Å². The zero-order chi connectivity index (χ0) is 13.4. The average Bonchev–Trinajstić information content (AvgIpc) is 3.22. The van der Waals surface area contributed by atoms with Crippen LogP contribution in [0.25, 0.3) is 11.0 Å². The van der Waals surface area contributed by atoms with E-state index in [-0.39, 0.29) is 0 Å². The Hall–Kier alpha value is -1.59. The zero-order valence-corrected chi connectivity index (χ0v) is 11.5. The van der Waals surface area contributed by atoms with Gasteiger partial charge in [-0.3, -0.25) is 0 Å². The van der Waals surface area contributed by atoms with Crippen molar-refractivity contribution in [3.05, 3.63) is 24.3 Å². The molecule has 106 valence electrons. The molecule has 1 aromatic carbocycles. The molecule has 2 fully saturated rings. The Morgan fingerprint density at radius 2 is 2.25 bits per heavy atom. The van der Waals surface area contributed by atoms with Gasteiger partial charge in [0.05, 0.1) is 30.3 Å². The largest absolute Gasteiger partial charge is 0.377 e. The van der Waals surface area contributed by atoms with Gasteiger partial charge in [0.15, 0.2) is 0 Å². The van der Waals surface area contributed by atoms with Crippen LogP contribution >= 0.6 is 0 Å². The van der Waals surface area contributed by atoms with Crippen molar-refractivity contribution in [1.29, 1.82) is 0 Å². The van der Waals surface area contributed by atoms with Crippen LogP contribution in [0.3, 0.4) is 0 Å². The molecule has 1 aromatic heterocycles. The smallest absolute Gasteiger partial charge is 0.204 e. The standard InChI is InChI=1S/C15H20N4O/c1-2-4-14-13(3-1)17-15(18-14)19-7-8-20-10-12(19)9-16-11-5-6-11/h1-4,11-12,16H,5-10H2,(H,17,18). The molecule has 1 atom stereocenters. The van der Waals surface area contributed by atoms with Gasteiger partial charge >= 0.3 is 0 Å². The van der Waals surface area contributed by atoms with Crippen molar-refractivity contribution in [3.8, 4) is 0 Å². The van der Waals surface area contributed by atoms with Crippen molar-refractivity contribution in [2.24, 2.45) is 0 Å². The van der Waals surface area contributed by atoms with Crippen LogP contribution in [-0.4, -0.2) is 48.4 Å². The summed E-state index contributed by atoms with van der Waals surface area (Å²) in [5.74, 6) is 0.970. The summed E-state index contributed by atoms with van der Waals surface area (Å²) in [6.07, 6.45) is 2.64. The summed E-state index contributed by atoms with van der Waals surface area (Å²) in [6.45, 7) is 3.42. The van der Waals surface area contributed by atoms with E-state index in [0.29, 0.717) is 6.04 Å². The number of rotatable bonds is 4. The summed E-state index contributed by atoms with van der Waals surface area (Å²) in [6, 6.07) is 9.28. The predicted molar refractivity (Wildman–Crippen MR) is 79.1 cm³/mol. The maximum Gasteiger partial charge on any atom is 0.204 e. The molecule has 1 saturated heterocycles. The first kappa shape index (κ1) is 12.2. The zero-order valence-electron chi connectivity index (χ0n) is 11.5. The number of morpholine rings is 1. The Kier molecular flexibility index (Phi) is 3.09. The van der Waals surface area contributed by atoms with Gasteiger partial charge in [-0.25, -0.2) is 4.98 Å². The van der Waals surface area contributed by atoms with Crippen LogP contribution in [0.5, 0.6) is 0 Å². The molecular formula is C15H20N4O. The van der Waals surface area contributed by atoms with E-state index >= 15 is 0 Å². The first-order valence-corrected chi connectivity index (χ1v) is 7.43. The number of benzene rings is 1. The molecule has 0 radical (unpaired) electrons. The molecule has 2 aliphatic rings. The van der Waals surface area contributed by atoms with Crippen LogP contribution in [0.2, 0.25) is 0 Å². The van der Waals surface area contributed by atoms with Gasteiger partial charge in [-0.15, -0.1) is 0 Å². The molecule has 2 N–H and O–H groups in total. The van der Waals surface area contributed by atoms with Crippen LogP contribution < -0.4 is 10.2 Å². The summed E-state index contributed by atoms with van der Waals surface area (Å²) >= 11 is 0. The Morgan fingerprint density at radius 1 is 1.35 bits per heavy atom. The van der Waals surface area contributed by atoms with E-state index in [1.807, 2.05) is 18.2 Å². The Bertz CT molecular complexity index is 559. The maximum absolute atomic E-state index is 5.64. The van der Waals surface area contributed by atoms with Crippen molar-refractivity contribution < 1.29 is 4.74 Å². The molecule has 20 heavy (non-hydrogen) atoms. The van der Waals surface area contributed by atoms with Gasteiger partial charge in [-0.2, -0.15) is 0 Å². The van der Waals surface area contributed by atoms with E-state index in [1.54, 1.807) is 0 Å². The van der Waals surface area contributed by atoms with E-state index in [0.717, 1.165) is 49.3 Å². The third-order valence-electron chi connectivity index (χ3n) is 4.10. The molecule has 2 heterocycles. The third kappa shape index (κ3) is 2.39. The van der Waals surface area contributed by atoms with Crippen LogP contribution in [-0.2, 0) is 4.74 Å². The molecule has 2 aromatic rings. The second kappa shape index (κ2) is 5.07. The average molecular weight is 272 g/mol. The summed E-state index contributed by atoms with van der Waals surface area (Å²) < 4.78 is 5.64. The number of nitrogens with zero attached hydrogens (tertiary/aromatic N) is 2. The molecule has 5 heteroatoms. The number of para-hydroxylation sites is 2. The van der Waals surface area contributed by atoms with Crippen molar-refractivity contribution in [1.82, 2.24) is 15.3 Å². The molecule has 1 saturated carbocycles. The second-order valence-corrected chi connectivity index (χ2v) is 5.68. The van der Waals surface area contributed by atoms with Gasteiger partial charge < -0.3 is 19.9 Å². The lowest BCUT2D eigenvalue weighted by atomic mass is 10.2. The lowest BCUT2D eigenvalue weighted by Gasteiger charge is -2.35. The van der Waals surface area contributed by atoms with Crippen LogP contribution in [0, 0.1) is 0 Å². The molecule has 1 aliphatic carbocycles. The number of hydrogen-bond donors (Lipinski definition) is 2. The van der Waals surface area contributed by atoms with E-state index in [2.05, 4.69) is 21.3 Å². The lowest BCUT2D eigenvalue weighted by Crippen LogP contribution is -2.51. The van der Waals surface area contributed by atoms with E-state index < -0.39 is 0 Å². The molecule has 0 bridgehead atoms. The van der Waals surface area contributed by atoms with Gasteiger partial charge in [0.1, 0.15) is 0 Å². The minimum atomic E-state index is 0.366. The van der Waals surface area contributed by atoms with Crippen LogP contribution in [0.15, 0.2) is 24.3 Å². The fourth-order valence-electron chi connectivity index (χ4n) is 2.77. The molecule has 5 nitrogen and oxygen atoms in total. The highest BCUT2D eigenvalue weighted by atomic mass is 16.5. The van der Waals surface area contributed by atoms with E-state index in [1.165, 1.54) is 12.8 Å². The highest BCUT2D eigenvalue weighted by Crippen LogP contribution is 2.22. The molecule has 1 aliphatic heterocycles. The fraction of sp³-hybridized carbons (Fsp3) is 0.533. The molecule has 1 unspecified atom stereocenters. The number of hydrogen-bond acceptors (Lipinski definition) is 4. The number of anilines is 1. The quantitative estimate of drug-likeness (QED) is 0.886. The second-order valence-electron chi connectivity index (χ2n) is 5.68. The van der Waals surface area contributed by atoms with Crippen LogP contribution in [0.4, 0.5) is 5.95 Å². The SMILES string of the molecule is c1ccc2[nH]c(N3CCOCC3CNC3CC3)nc2c1. The molecule has 0 spiro atoms. The number of aromatic nitrogens is 2. The number of nitrogens with one attached hydrogen (secondary N) is 2. The summed E-state index contributed by atoms with van der Waals surface area (Å²) in [7, 11) is 0. The number of fused-ring (bicyclic) bond motifs is 1. The highest BCUT2D eigenvalue weighted by molar-refractivity contribution is 5.77. The fourth-order valence-corrected chi connectivity index (χ4v) is 2.77. The van der Waals surface area contributed by atoms with Gasteiger partial charge in [0.25, 0.3) is 0 Å². The van der Waals surface area contributed by atoms with Gasteiger partial charge in [-0.1, -0.05) is 12.1 Å². The number of aromatic amines is 1. The number of imidazole rings is 1. The molecule has 0 amide bonds. The summed E-state index contributed by atoms with van der Waals surface area (Å²) in [5.41, 5.74) is 2.13. The van der Waals surface area contributed by atoms with Gasteiger partial charge in [0, 0.05) is 19.1 Å². The summed E-state index contributed by atoms with van der Waals surface area (Å²) in [5, 5.41) is 3.60. The first-order valence-electron chi connectivity index (χ1n) is 7.43. The van der Waals surface area contributed by atoms with Crippen molar-refractivity contribution in [2.75, 3.05) is 31.2 Å². The number of ether oxygens (including phenoxy) is 1.